The summed E-state index contributed by atoms with van der Waals surface area (Å²) in [4.78, 5) is 2.27. The van der Waals surface area contributed by atoms with Gasteiger partial charge in [0.2, 0.25) is 0 Å². The average molecular weight is 188 g/mol. The molecular weight excluding hydrogens is 167 g/mol. The van der Waals surface area contributed by atoms with E-state index in [1.54, 1.807) is 0 Å². The van der Waals surface area contributed by atoms with Gasteiger partial charge in [-0.05, 0) is 25.9 Å². The van der Waals surface area contributed by atoms with Crippen molar-refractivity contribution in [2.75, 3.05) is 26.2 Å². The fourth-order valence-electron chi connectivity index (χ4n) is 1.93. The van der Waals surface area contributed by atoms with Crippen molar-refractivity contribution < 1.29 is 4.39 Å². The maximum Gasteiger partial charge on any atom is 0.125 e. The second-order valence-corrected chi connectivity index (χ2v) is 3.53. The zero-order valence-electron chi connectivity index (χ0n) is 8.72. The first-order valence-corrected chi connectivity index (χ1v) is 5.45. The minimum Gasteiger partial charge on any atom is -0.317 e. The zero-order valence-corrected chi connectivity index (χ0v) is 8.72. The van der Waals surface area contributed by atoms with Gasteiger partial charge in [-0.25, -0.2) is 4.39 Å². The summed E-state index contributed by atoms with van der Waals surface area (Å²) in [5.74, 6) is 0. The Bertz CT molecular complexity index is 129. The van der Waals surface area contributed by atoms with Crippen LogP contribution in [-0.2, 0) is 0 Å². The van der Waals surface area contributed by atoms with Crippen LogP contribution in [0.4, 0.5) is 4.39 Å². The number of hydrogen-bond acceptors (Lipinski definition) is 2. The molecular formula is C10H21FN2. The third kappa shape index (κ3) is 2.92. The number of nitrogens with one attached hydrogen (secondary N) is 1. The van der Waals surface area contributed by atoms with Crippen molar-refractivity contribution >= 4 is 0 Å². The van der Waals surface area contributed by atoms with Crippen molar-refractivity contribution in [3.63, 3.8) is 0 Å². The number of alkyl halides is 1. The Morgan fingerprint density at radius 1 is 1.15 bits per heavy atom. The van der Waals surface area contributed by atoms with E-state index >= 15 is 0 Å². The van der Waals surface area contributed by atoms with E-state index < -0.39 is 6.17 Å². The quantitative estimate of drug-likeness (QED) is 0.669. The lowest BCUT2D eigenvalue weighted by Crippen LogP contribution is -2.55. The van der Waals surface area contributed by atoms with E-state index in [-0.39, 0.29) is 0 Å². The highest BCUT2D eigenvalue weighted by Crippen LogP contribution is 2.20. The van der Waals surface area contributed by atoms with Gasteiger partial charge >= 0.3 is 0 Å². The molecule has 0 radical (unpaired) electrons. The van der Waals surface area contributed by atoms with Gasteiger partial charge in [-0.1, -0.05) is 13.8 Å². The predicted octanol–water partition coefficient (Wildman–Crippen LogP) is 1.42. The first-order chi connectivity index (χ1) is 6.36. The molecule has 2 saturated heterocycles. The normalized spacial score (nSPS) is 26.1. The number of likely N-dealkylation sites (tertiary alicyclic amines) is 1. The van der Waals surface area contributed by atoms with Gasteiger partial charge in [0, 0.05) is 19.1 Å². The Balaban J connectivity index is 0.000000396. The molecule has 2 aliphatic heterocycles. The molecule has 2 rings (SSSR count). The standard InChI is InChI=1S/C8H15FN2.C2H6/c9-7-5-11(6-7)8-1-3-10-4-2-8;1-2/h7-8,10H,1-6H2;1-2H3. The van der Waals surface area contributed by atoms with Crippen LogP contribution in [0.25, 0.3) is 0 Å². The number of halogens is 1. The van der Waals surface area contributed by atoms with Gasteiger partial charge < -0.3 is 5.32 Å². The van der Waals surface area contributed by atoms with E-state index in [0.29, 0.717) is 19.1 Å². The van der Waals surface area contributed by atoms with Crippen LogP contribution in [-0.4, -0.2) is 43.3 Å². The first kappa shape index (κ1) is 10.9. The molecule has 78 valence electrons. The van der Waals surface area contributed by atoms with Gasteiger partial charge in [-0.15, -0.1) is 0 Å². The highest BCUT2D eigenvalue weighted by Gasteiger charge is 2.32. The van der Waals surface area contributed by atoms with Crippen molar-refractivity contribution in [1.29, 1.82) is 0 Å². The maximum absolute atomic E-state index is 12.5. The fraction of sp³-hybridized carbons (Fsp3) is 1.00. The molecule has 0 amide bonds. The number of hydrogen-bond donors (Lipinski definition) is 1. The highest BCUT2D eigenvalue weighted by molar-refractivity contribution is 4.87. The number of rotatable bonds is 1. The summed E-state index contributed by atoms with van der Waals surface area (Å²) >= 11 is 0. The molecule has 0 unspecified atom stereocenters. The Morgan fingerprint density at radius 3 is 2.15 bits per heavy atom. The van der Waals surface area contributed by atoms with E-state index in [1.807, 2.05) is 13.8 Å². The summed E-state index contributed by atoms with van der Waals surface area (Å²) in [5, 5.41) is 3.31. The van der Waals surface area contributed by atoms with Gasteiger partial charge in [-0.3, -0.25) is 4.90 Å². The minimum atomic E-state index is -0.537. The number of nitrogens with zero attached hydrogens (tertiary/aromatic N) is 1. The van der Waals surface area contributed by atoms with Crippen LogP contribution >= 0.6 is 0 Å². The van der Waals surface area contributed by atoms with Gasteiger partial charge in [0.15, 0.2) is 0 Å². The third-order valence-corrected chi connectivity index (χ3v) is 2.69. The monoisotopic (exact) mass is 188 g/mol. The van der Waals surface area contributed by atoms with Crippen molar-refractivity contribution in [3.8, 4) is 0 Å². The molecule has 2 nitrogen and oxygen atoms in total. The summed E-state index contributed by atoms with van der Waals surface area (Å²) in [6, 6.07) is 0.670. The molecule has 0 saturated carbocycles. The molecule has 0 spiro atoms. The molecule has 13 heavy (non-hydrogen) atoms. The Labute approximate surface area is 80.5 Å². The second kappa shape index (κ2) is 5.55. The van der Waals surface area contributed by atoms with Crippen molar-refractivity contribution in [3.05, 3.63) is 0 Å². The van der Waals surface area contributed by atoms with Crippen LogP contribution in [0.5, 0.6) is 0 Å². The molecule has 2 aliphatic rings. The molecule has 0 atom stereocenters. The summed E-state index contributed by atoms with van der Waals surface area (Å²) in [5.41, 5.74) is 0. The van der Waals surface area contributed by atoms with Crippen molar-refractivity contribution in [2.45, 2.75) is 38.9 Å². The van der Waals surface area contributed by atoms with Crippen LogP contribution in [0.15, 0.2) is 0 Å². The molecule has 2 fully saturated rings. The maximum atomic E-state index is 12.5. The average Bonchev–Trinajstić information content (AvgIpc) is 2.18. The molecule has 3 heteroatoms. The lowest BCUT2D eigenvalue weighted by Gasteiger charge is -2.42. The smallest absolute Gasteiger partial charge is 0.125 e. The van der Waals surface area contributed by atoms with E-state index in [4.69, 9.17) is 0 Å². The van der Waals surface area contributed by atoms with Gasteiger partial charge in [0.1, 0.15) is 6.17 Å². The largest absolute Gasteiger partial charge is 0.317 e. The highest BCUT2D eigenvalue weighted by atomic mass is 19.1. The summed E-state index contributed by atoms with van der Waals surface area (Å²) in [7, 11) is 0. The Kier molecular flexibility index (Phi) is 4.67. The van der Waals surface area contributed by atoms with Gasteiger partial charge in [0.25, 0.3) is 0 Å². The molecule has 0 bridgehead atoms. The lowest BCUT2D eigenvalue weighted by molar-refractivity contribution is 0.0166. The molecule has 0 aromatic heterocycles. The van der Waals surface area contributed by atoms with E-state index in [9.17, 15) is 4.39 Å². The van der Waals surface area contributed by atoms with Gasteiger partial charge in [-0.2, -0.15) is 0 Å². The SMILES string of the molecule is CC.FC1CN(C2CCNCC2)C1. The molecule has 0 aromatic carbocycles. The third-order valence-electron chi connectivity index (χ3n) is 2.69. The Hall–Kier alpha value is -0.150. The van der Waals surface area contributed by atoms with Crippen LogP contribution in [0.2, 0.25) is 0 Å². The van der Waals surface area contributed by atoms with Crippen LogP contribution in [0.3, 0.4) is 0 Å². The molecule has 0 aliphatic carbocycles. The van der Waals surface area contributed by atoms with E-state index in [1.165, 1.54) is 12.8 Å². The van der Waals surface area contributed by atoms with Gasteiger partial charge in [0.05, 0.1) is 0 Å². The van der Waals surface area contributed by atoms with Crippen molar-refractivity contribution in [1.82, 2.24) is 10.2 Å². The fourth-order valence-corrected chi connectivity index (χ4v) is 1.93. The van der Waals surface area contributed by atoms with Crippen molar-refractivity contribution in [2.24, 2.45) is 0 Å². The first-order valence-electron chi connectivity index (χ1n) is 5.45. The Morgan fingerprint density at radius 2 is 1.69 bits per heavy atom. The van der Waals surface area contributed by atoms with E-state index in [2.05, 4.69) is 10.2 Å². The number of piperidine rings is 1. The van der Waals surface area contributed by atoms with E-state index in [0.717, 1.165) is 13.1 Å². The molecule has 2 heterocycles. The minimum absolute atomic E-state index is 0.537. The zero-order chi connectivity index (χ0) is 9.68. The topological polar surface area (TPSA) is 15.3 Å². The summed E-state index contributed by atoms with van der Waals surface area (Å²) in [6.45, 7) is 7.59. The second-order valence-electron chi connectivity index (χ2n) is 3.53. The molecule has 1 N–H and O–H groups in total. The van der Waals surface area contributed by atoms with Crippen LogP contribution < -0.4 is 5.32 Å². The summed E-state index contributed by atoms with van der Waals surface area (Å²) in [6.07, 6.45) is 1.87. The summed E-state index contributed by atoms with van der Waals surface area (Å²) < 4.78 is 12.5. The predicted molar refractivity (Wildman–Crippen MR) is 53.7 cm³/mol. The lowest BCUT2D eigenvalue weighted by atomic mass is 10.0. The van der Waals surface area contributed by atoms with Crippen LogP contribution in [0.1, 0.15) is 26.7 Å². The molecule has 0 aromatic rings. The van der Waals surface area contributed by atoms with Crippen LogP contribution in [0, 0.1) is 0 Å².